The lowest BCUT2D eigenvalue weighted by Gasteiger charge is -2.21. The van der Waals surface area contributed by atoms with Crippen LogP contribution in [0.4, 0.5) is 0 Å². The minimum Gasteiger partial charge on any atom is -0.353 e. The summed E-state index contributed by atoms with van der Waals surface area (Å²) < 4.78 is 0. The Morgan fingerprint density at radius 3 is 2.65 bits per heavy atom. The van der Waals surface area contributed by atoms with Gasteiger partial charge in [-0.15, -0.1) is 11.3 Å². The SMILES string of the molecule is CCC(NC(C)C(=O)NC(C)C)c1nccs1. The molecule has 1 rings (SSSR count). The monoisotopic (exact) mass is 255 g/mol. The lowest BCUT2D eigenvalue weighted by atomic mass is 10.2. The van der Waals surface area contributed by atoms with Crippen LogP contribution < -0.4 is 10.6 Å². The molecule has 0 bridgehead atoms. The van der Waals surface area contributed by atoms with Gasteiger partial charge in [-0.25, -0.2) is 4.98 Å². The molecule has 0 radical (unpaired) electrons. The Kier molecular flexibility index (Phi) is 5.58. The summed E-state index contributed by atoms with van der Waals surface area (Å²) in [5.74, 6) is 0.0370. The van der Waals surface area contributed by atoms with Crippen LogP contribution in [0.25, 0.3) is 0 Å². The third-order valence-corrected chi connectivity index (χ3v) is 3.32. The molecule has 0 aliphatic heterocycles. The Hall–Kier alpha value is -0.940. The van der Waals surface area contributed by atoms with Gasteiger partial charge >= 0.3 is 0 Å². The number of carbonyl (C=O) groups excluding carboxylic acids is 1. The average Bonchev–Trinajstić information content (AvgIpc) is 2.77. The molecule has 2 unspecified atom stereocenters. The smallest absolute Gasteiger partial charge is 0.237 e. The highest BCUT2D eigenvalue weighted by molar-refractivity contribution is 7.09. The van der Waals surface area contributed by atoms with Crippen molar-refractivity contribution in [3.8, 4) is 0 Å². The zero-order valence-electron chi connectivity index (χ0n) is 10.9. The highest BCUT2D eigenvalue weighted by atomic mass is 32.1. The van der Waals surface area contributed by atoms with Crippen LogP contribution in [0, 0.1) is 0 Å². The van der Waals surface area contributed by atoms with Gasteiger partial charge in [-0.3, -0.25) is 10.1 Å². The van der Waals surface area contributed by atoms with Gasteiger partial charge in [-0.05, 0) is 27.2 Å². The number of nitrogens with zero attached hydrogens (tertiary/aromatic N) is 1. The molecular formula is C12H21N3OS. The van der Waals surface area contributed by atoms with Gasteiger partial charge < -0.3 is 5.32 Å². The van der Waals surface area contributed by atoms with E-state index >= 15 is 0 Å². The first-order chi connectivity index (χ1) is 8.04. The minimum atomic E-state index is -0.203. The molecule has 0 saturated carbocycles. The summed E-state index contributed by atoms with van der Waals surface area (Å²) in [6.45, 7) is 7.89. The predicted octanol–water partition coefficient (Wildman–Crippen LogP) is 2.10. The lowest BCUT2D eigenvalue weighted by Crippen LogP contribution is -2.45. The molecule has 0 saturated heterocycles. The quantitative estimate of drug-likeness (QED) is 0.818. The molecule has 2 N–H and O–H groups in total. The maximum Gasteiger partial charge on any atom is 0.237 e. The number of aromatic nitrogens is 1. The van der Waals surface area contributed by atoms with Crippen molar-refractivity contribution in [3.63, 3.8) is 0 Å². The highest BCUT2D eigenvalue weighted by Crippen LogP contribution is 2.19. The van der Waals surface area contributed by atoms with Gasteiger partial charge in [0.1, 0.15) is 5.01 Å². The summed E-state index contributed by atoms with van der Waals surface area (Å²) in [6.07, 6.45) is 2.72. The number of rotatable bonds is 6. The summed E-state index contributed by atoms with van der Waals surface area (Å²) in [5.41, 5.74) is 0. The molecule has 1 amide bonds. The maximum absolute atomic E-state index is 11.8. The van der Waals surface area contributed by atoms with Crippen molar-refractivity contribution in [2.75, 3.05) is 0 Å². The summed E-state index contributed by atoms with van der Waals surface area (Å²) in [6, 6.07) is 0.126. The van der Waals surface area contributed by atoms with E-state index in [1.165, 1.54) is 0 Å². The van der Waals surface area contributed by atoms with Crippen LogP contribution in [0.3, 0.4) is 0 Å². The summed E-state index contributed by atoms with van der Waals surface area (Å²) in [5, 5.41) is 9.20. The second-order valence-corrected chi connectivity index (χ2v) is 5.31. The molecule has 0 aliphatic carbocycles. The number of hydrogen-bond donors (Lipinski definition) is 2. The second-order valence-electron chi connectivity index (χ2n) is 4.38. The van der Waals surface area contributed by atoms with E-state index in [1.54, 1.807) is 17.5 Å². The molecule has 1 aromatic heterocycles. The van der Waals surface area contributed by atoms with E-state index in [2.05, 4.69) is 22.5 Å². The molecule has 4 nitrogen and oxygen atoms in total. The first-order valence-corrected chi connectivity index (χ1v) is 6.88. The minimum absolute atomic E-state index is 0.0370. The zero-order valence-corrected chi connectivity index (χ0v) is 11.7. The number of thiazole rings is 1. The lowest BCUT2D eigenvalue weighted by molar-refractivity contribution is -0.123. The molecular weight excluding hydrogens is 234 g/mol. The molecule has 2 atom stereocenters. The van der Waals surface area contributed by atoms with Crippen molar-refractivity contribution in [1.29, 1.82) is 0 Å². The van der Waals surface area contributed by atoms with E-state index < -0.39 is 0 Å². The Bertz CT molecular complexity index is 338. The third-order valence-electron chi connectivity index (χ3n) is 2.43. The van der Waals surface area contributed by atoms with Crippen molar-refractivity contribution in [3.05, 3.63) is 16.6 Å². The third kappa shape index (κ3) is 4.44. The van der Waals surface area contributed by atoms with Crippen LogP contribution in [0.15, 0.2) is 11.6 Å². The molecule has 5 heteroatoms. The van der Waals surface area contributed by atoms with Crippen LogP contribution in [0.5, 0.6) is 0 Å². The fourth-order valence-electron chi connectivity index (χ4n) is 1.56. The van der Waals surface area contributed by atoms with Gasteiger partial charge in [0.05, 0.1) is 12.1 Å². The Labute approximate surface area is 107 Å². The maximum atomic E-state index is 11.8. The number of carbonyl (C=O) groups is 1. The average molecular weight is 255 g/mol. The van der Waals surface area contributed by atoms with Crippen LogP contribution in [0.2, 0.25) is 0 Å². The summed E-state index contributed by atoms with van der Waals surface area (Å²) in [4.78, 5) is 16.1. The van der Waals surface area contributed by atoms with Crippen molar-refractivity contribution in [2.24, 2.45) is 0 Å². The van der Waals surface area contributed by atoms with Crippen LogP contribution in [-0.4, -0.2) is 23.0 Å². The summed E-state index contributed by atoms with van der Waals surface area (Å²) >= 11 is 1.62. The Morgan fingerprint density at radius 1 is 1.47 bits per heavy atom. The number of hydrogen-bond acceptors (Lipinski definition) is 4. The largest absolute Gasteiger partial charge is 0.353 e. The normalized spacial score (nSPS) is 14.6. The van der Waals surface area contributed by atoms with Crippen molar-refractivity contribution in [1.82, 2.24) is 15.6 Å². The van der Waals surface area contributed by atoms with E-state index in [4.69, 9.17) is 0 Å². The van der Waals surface area contributed by atoms with Gasteiger partial charge in [0.2, 0.25) is 5.91 Å². The number of amides is 1. The van der Waals surface area contributed by atoms with Gasteiger partial charge in [-0.2, -0.15) is 0 Å². The highest BCUT2D eigenvalue weighted by Gasteiger charge is 2.19. The molecule has 0 fully saturated rings. The zero-order chi connectivity index (χ0) is 12.8. The van der Waals surface area contributed by atoms with Gasteiger partial charge in [0.25, 0.3) is 0 Å². The predicted molar refractivity (Wildman–Crippen MR) is 71.0 cm³/mol. The van der Waals surface area contributed by atoms with Gasteiger partial charge in [0.15, 0.2) is 0 Å². The molecule has 0 aliphatic rings. The first-order valence-electron chi connectivity index (χ1n) is 6.00. The van der Waals surface area contributed by atoms with Crippen molar-refractivity contribution in [2.45, 2.75) is 52.2 Å². The molecule has 96 valence electrons. The fourth-order valence-corrected chi connectivity index (χ4v) is 2.34. The Balaban J connectivity index is 2.54. The van der Waals surface area contributed by atoms with Crippen LogP contribution in [0.1, 0.15) is 45.2 Å². The Morgan fingerprint density at radius 2 is 2.18 bits per heavy atom. The molecule has 1 heterocycles. The molecule has 1 aromatic rings. The van der Waals surface area contributed by atoms with E-state index in [1.807, 2.05) is 26.2 Å². The van der Waals surface area contributed by atoms with Crippen LogP contribution in [-0.2, 0) is 4.79 Å². The second kappa shape index (κ2) is 6.71. The molecule has 0 aromatic carbocycles. The first kappa shape index (κ1) is 14.1. The van der Waals surface area contributed by atoms with Crippen LogP contribution >= 0.6 is 11.3 Å². The van der Waals surface area contributed by atoms with Gasteiger partial charge in [0, 0.05) is 17.6 Å². The molecule has 0 spiro atoms. The molecule has 17 heavy (non-hydrogen) atoms. The standard InChI is InChI=1S/C12H21N3OS/c1-5-10(12-13-6-7-17-12)15-9(4)11(16)14-8(2)3/h6-10,15H,5H2,1-4H3,(H,14,16). The van der Waals surface area contributed by atoms with Crippen molar-refractivity contribution >= 4 is 17.2 Å². The van der Waals surface area contributed by atoms with Gasteiger partial charge in [-0.1, -0.05) is 6.92 Å². The van der Waals surface area contributed by atoms with Crippen molar-refractivity contribution < 1.29 is 4.79 Å². The topological polar surface area (TPSA) is 54.0 Å². The van der Waals surface area contributed by atoms with E-state index in [0.717, 1.165) is 11.4 Å². The number of nitrogens with one attached hydrogen (secondary N) is 2. The van der Waals surface area contributed by atoms with E-state index in [9.17, 15) is 4.79 Å². The van der Waals surface area contributed by atoms with E-state index in [0.29, 0.717) is 0 Å². The fraction of sp³-hybridized carbons (Fsp3) is 0.667. The summed E-state index contributed by atoms with van der Waals surface area (Å²) in [7, 11) is 0. The van der Waals surface area contributed by atoms with E-state index in [-0.39, 0.29) is 24.0 Å².